The molecule has 0 aromatic carbocycles. The molecule has 1 rings (SSSR count). The van der Waals surface area contributed by atoms with E-state index in [0.29, 0.717) is 13.1 Å². The minimum Gasteiger partial charge on any atom is -0.469 e. The van der Waals surface area contributed by atoms with E-state index in [4.69, 9.17) is 4.74 Å². The highest BCUT2D eigenvalue weighted by Crippen LogP contribution is 2.21. The van der Waals surface area contributed by atoms with Crippen LogP contribution in [0, 0.1) is 0 Å². The molecule has 1 aliphatic heterocycles. The number of nitrogens with zero attached hydrogens (tertiary/aromatic N) is 1. The van der Waals surface area contributed by atoms with Crippen LogP contribution in [0.5, 0.6) is 0 Å². The molecule has 1 heterocycles. The van der Waals surface area contributed by atoms with Crippen LogP contribution in [0.25, 0.3) is 0 Å². The third kappa shape index (κ3) is 3.44. The van der Waals surface area contributed by atoms with Crippen molar-refractivity contribution in [2.24, 2.45) is 0 Å². The maximum absolute atomic E-state index is 11.1. The van der Waals surface area contributed by atoms with Crippen molar-refractivity contribution in [1.29, 1.82) is 0 Å². The van der Waals surface area contributed by atoms with Gasteiger partial charge in [0.2, 0.25) is 0 Å². The third-order valence-electron chi connectivity index (χ3n) is 2.53. The van der Waals surface area contributed by atoms with Gasteiger partial charge in [-0.2, -0.15) is 0 Å². The number of esters is 1. The Bertz CT molecular complexity index is 233. The van der Waals surface area contributed by atoms with E-state index in [1.165, 1.54) is 7.11 Å². The topological polar surface area (TPSA) is 59.0 Å². The van der Waals surface area contributed by atoms with Gasteiger partial charge in [0.15, 0.2) is 0 Å². The summed E-state index contributed by atoms with van der Waals surface area (Å²) in [5.41, 5.74) is -0.578. The van der Waals surface area contributed by atoms with Gasteiger partial charge < -0.3 is 19.5 Å². The van der Waals surface area contributed by atoms with Crippen LogP contribution < -0.4 is 0 Å². The normalized spacial score (nSPS) is 32.7. The number of methoxy groups -OCH3 is 1. The standard InChI is InChI=1S/C10H19NO4/c1-10(7-12)6-11(2)5-8(15-10)4-9(13)14-3/h8,12H,4-7H2,1-3H3/t8-,10+/m1/s1. The fourth-order valence-electron chi connectivity index (χ4n) is 1.92. The molecule has 0 bridgehead atoms. The minimum atomic E-state index is -0.578. The van der Waals surface area contributed by atoms with Crippen molar-refractivity contribution >= 4 is 5.97 Å². The smallest absolute Gasteiger partial charge is 0.308 e. The maximum Gasteiger partial charge on any atom is 0.308 e. The van der Waals surface area contributed by atoms with E-state index in [2.05, 4.69) is 4.74 Å². The summed E-state index contributed by atoms with van der Waals surface area (Å²) >= 11 is 0. The predicted molar refractivity (Wildman–Crippen MR) is 54.5 cm³/mol. The molecular formula is C10H19NO4. The molecule has 0 amide bonds. The van der Waals surface area contributed by atoms with E-state index in [1.807, 2.05) is 18.9 Å². The van der Waals surface area contributed by atoms with Crippen molar-refractivity contribution in [2.45, 2.75) is 25.0 Å². The Hall–Kier alpha value is -0.650. The summed E-state index contributed by atoms with van der Waals surface area (Å²) < 4.78 is 10.3. The van der Waals surface area contributed by atoms with Crippen LogP contribution in [-0.4, -0.2) is 61.5 Å². The molecule has 2 atom stereocenters. The number of carbonyl (C=O) groups is 1. The molecule has 15 heavy (non-hydrogen) atoms. The van der Waals surface area contributed by atoms with Crippen LogP contribution in [0.2, 0.25) is 0 Å². The number of hydrogen-bond acceptors (Lipinski definition) is 5. The monoisotopic (exact) mass is 217 g/mol. The van der Waals surface area contributed by atoms with E-state index in [0.717, 1.165) is 0 Å². The fourth-order valence-corrected chi connectivity index (χ4v) is 1.92. The number of carbonyl (C=O) groups excluding carboxylic acids is 1. The van der Waals surface area contributed by atoms with Gasteiger partial charge in [0, 0.05) is 13.1 Å². The molecular weight excluding hydrogens is 198 g/mol. The number of rotatable bonds is 3. The Morgan fingerprint density at radius 3 is 2.93 bits per heavy atom. The predicted octanol–water partition coefficient (Wildman–Crippen LogP) is -0.369. The van der Waals surface area contributed by atoms with Crippen LogP contribution in [0.1, 0.15) is 13.3 Å². The number of likely N-dealkylation sites (N-methyl/N-ethyl adjacent to an activating group) is 1. The minimum absolute atomic E-state index is 0.0466. The summed E-state index contributed by atoms with van der Waals surface area (Å²) in [6, 6.07) is 0. The second-order valence-electron chi connectivity index (χ2n) is 4.32. The quantitative estimate of drug-likeness (QED) is 0.654. The van der Waals surface area contributed by atoms with Crippen molar-refractivity contribution in [2.75, 3.05) is 33.9 Å². The van der Waals surface area contributed by atoms with Gasteiger partial charge in [-0.15, -0.1) is 0 Å². The summed E-state index contributed by atoms with van der Waals surface area (Å²) in [5.74, 6) is -0.282. The van der Waals surface area contributed by atoms with E-state index in [9.17, 15) is 9.90 Å². The first-order valence-electron chi connectivity index (χ1n) is 5.03. The molecule has 0 saturated carbocycles. The molecule has 5 heteroatoms. The highest BCUT2D eigenvalue weighted by atomic mass is 16.5. The van der Waals surface area contributed by atoms with E-state index < -0.39 is 5.60 Å². The van der Waals surface area contributed by atoms with Crippen molar-refractivity contribution in [3.8, 4) is 0 Å². The highest BCUT2D eigenvalue weighted by Gasteiger charge is 2.36. The van der Waals surface area contributed by atoms with Crippen LogP contribution >= 0.6 is 0 Å². The van der Waals surface area contributed by atoms with Gasteiger partial charge in [-0.3, -0.25) is 4.79 Å². The lowest BCUT2D eigenvalue weighted by atomic mass is 10.0. The van der Waals surface area contributed by atoms with E-state index in [-0.39, 0.29) is 25.1 Å². The maximum atomic E-state index is 11.1. The van der Waals surface area contributed by atoms with Gasteiger partial charge in [0.1, 0.15) is 5.60 Å². The Labute approximate surface area is 90.0 Å². The first kappa shape index (κ1) is 12.4. The summed E-state index contributed by atoms with van der Waals surface area (Å²) in [7, 11) is 3.31. The van der Waals surface area contributed by atoms with Gasteiger partial charge in [0.25, 0.3) is 0 Å². The average Bonchev–Trinajstić information content (AvgIpc) is 2.16. The van der Waals surface area contributed by atoms with Crippen molar-refractivity contribution in [3.63, 3.8) is 0 Å². The summed E-state index contributed by atoms with van der Waals surface area (Å²) in [6.45, 7) is 3.15. The van der Waals surface area contributed by atoms with E-state index >= 15 is 0 Å². The lowest BCUT2D eigenvalue weighted by Crippen LogP contribution is -2.55. The van der Waals surface area contributed by atoms with Gasteiger partial charge >= 0.3 is 5.97 Å². The van der Waals surface area contributed by atoms with Crippen LogP contribution in [0.4, 0.5) is 0 Å². The lowest BCUT2D eigenvalue weighted by Gasteiger charge is -2.42. The first-order chi connectivity index (χ1) is 6.99. The van der Waals surface area contributed by atoms with E-state index in [1.54, 1.807) is 0 Å². The molecule has 88 valence electrons. The first-order valence-corrected chi connectivity index (χ1v) is 5.03. The molecule has 1 N–H and O–H groups in total. The summed E-state index contributed by atoms with van der Waals surface area (Å²) in [6.07, 6.45) is 0.0320. The Morgan fingerprint density at radius 1 is 1.73 bits per heavy atom. The molecule has 0 aromatic heterocycles. The van der Waals surface area contributed by atoms with Gasteiger partial charge in [-0.25, -0.2) is 0 Å². The van der Waals surface area contributed by atoms with Gasteiger partial charge in [-0.1, -0.05) is 0 Å². The zero-order valence-corrected chi connectivity index (χ0v) is 9.52. The Balaban J connectivity index is 2.55. The highest BCUT2D eigenvalue weighted by molar-refractivity contribution is 5.69. The average molecular weight is 217 g/mol. The summed E-state index contributed by atoms with van der Waals surface area (Å²) in [5, 5.41) is 9.21. The number of ether oxygens (including phenoxy) is 2. The number of aliphatic hydroxyl groups is 1. The van der Waals surface area contributed by atoms with Gasteiger partial charge in [-0.05, 0) is 14.0 Å². The number of morpholine rings is 1. The second-order valence-corrected chi connectivity index (χ2v) is 4.32. The molecule has 0 spiro atoms. The zero-order chi connectivity index (χ0) is 11.5. The number of aliphatic hydroxyl groups excluding tert-OH is 1. The fraction of sp³-hybridized carbons (Fsp3) is 0.900. The molecule has 5 nitrogen and oxygen atoms in total. The molecule has 0 aliphatic carbocycles. The van der Waals surface area contributed by atoms with Crippen molar-refractivity contribution in [3.05, 3.63) is 0 Å². The van der Waals surface area contributed by atoms with Crippen LogP contribution in [0.15, 0.2) is 0 Å². The molecule has 1 aliphatic rings. The molecule has 1 saturated heterocycles. The van der Waals surface area contributed by atoms with Crippen molar-refractivity contribution in [1.82, 2.24) is 4.90 Å². The van der Waals surface area contributed by atoms with Crippen molar-refractivity contribution < 1.29 is 19.4 Å². The third-order valence-corrected chi connectivity index (χ3v) is 2.53. The van der Waals surface area contributed by atoms with Crippen LogP contribution in [0.3, 0.4) is 0 Å². The number of hydrogen-bond donors (Lipinski definition) is 1. The lowest BCUT2D eigenvalue weighted by molar-refractivity contribution is -0.171. The Kier molecular flexibility index (Phi) is 4.07. The molecule has 1 fully saturated rings. The zero-order valence-electron chi connectivity index (χ0n) is 9.52. The van der Waals surface area contributed by atoms with Gasteiger partial charge in [0.05, 0.1) is 26.2 Å². The molecule has 0 aromatic rings. The summed E-state index contributed by atoms with van der Waals surface area (Å²) in [4.78, 5) is 13.2. The SMILES string of the molecule is COC(=O)C[C@@H]1CN(C)C[C@@](C)(CO)O1. The Morgan fingerprint density at radius 2 is 2.40 bits per heavy atom. The largest absolute Gasteiger partial charge is 0.469 e. The molecule has 0 radical (unpaired) electrons. The van der Waals surface area contributed by atoms with Crippen LogP contribution in [-0.2, 0) is 14.3 Å². The second kappa shape index (κ2) is 4.92. The molecule has 0 unspecified atom stereocenters.